The van der Waals surface area contributed by atoms with Crippen LogP contribution in [0.2, 0.25) is 0 Å². The number of rotatable bonds is 7. The van der Waals surface area contributed by atoms with Gasteiger partial charge < -0.3 is 10.1 Å². The zero-order chi connectivity index (χ0) is 17.1. The van der Waals surface area contributed by atoms with E-state index < -0.39 is 0 Å². The third kappa shape index (κ3) is 4.79. The van der Waals surface area contributed by atoms with Crippen molar-refractivity contribution in [2.24, 2.45) is 5.92 Å². The van der Waals surface area contributed by atoms with Gasteiger partial charge >= 0.3 is 0 Å². The molecule has 0 atom stereocenters. The molecular formula is C20H27N3OS. The number of hydrogen-bond donors (Lipinski definition) is 1. The first-order valence-electron chi connectivity index (χ1n) is 9.53. The summed E-state index contributed by atoms with van der Waals surface area (Å²) in [6.07, 6.45) is 9.66. The fraction of sp³-hybridized carbons (Fsp3) is 0.600. The van der Waals surface area contributed by atoms with Gasteiger partial charge in [-0.2, -0.15) is 0 Å². The van der Waals surface area contributed by atoms with Crippen LogP contribution in [0.1, 0.15) is 67.6 Å². The van der Waals surface area contributed by atoms with Gasteiger partial charge in [0.2, 0.25) is 5.88 Å². The molecule has 5 heteroatoms. The molecule has 2 aromatic heterocycles. The van der Waals surface area contributed by atoms with E-state index in [4.69, 9.17) is 9.72 Å². The molecule has 0 saturated heterocycles. The van der Waals surface area contributed by atoms with E-state index in [-0.39, 0.29) is 0 Å². The summed E-state index contributed by atoms with van der Waals surface area (Å²) < 4.78 is 6.10. The molecule has 1 N–H and O–H groups in total. The van der Waals surface area contributed by atoms with Gasteiger partial charge in [0.05, 0.1) is 10.7 Å². The topological polar surface area (TPSA) is 47.0 Å². The van der Waals surface area contributed by atoms with Gasteiger partial charge in [-0.25, -0.2) is 9.97 Å². The lowest BCUT2D eigenvalue weighted by Gasteiger charge is -2.26. The first-order chi connectivity index (χ1) is 12.3. The van der Waals surface area contributed by atoms with Crippen molar-refractivity contribution in [1.82, 2.24) is 15.3 Å². The summed E-state index contributed by atoms with van der Waals surface area (Å²) in [5.74, 6) is 2.36. The molecule has 0 aliphatic heterocycles. The van der Waals surface area contributed by atoms with Crippen LogP contribution in [0.15, 0.2) is 23.7 Å². The molecule has 2 aliphatic carbocycles. The Morgan fingerprint density at radius 2 is 2.00 bits per heavy atom. The van der Waals surface area contributed by atoms with Crippen LogP contribution in [0.3, 0.4) is 0 Å². The van der Waals surface area contributed by atoms with Crippen LogP contribution in [0.25, 0.3) is 0 Å². The molecule has 4 rings (SSSR count). The van der Waals surface area contributed by atoms with Crippen molar-refractivity contribution in [1.29, 1.82) is 0 Å². The molecule has 0 spiro atoms. The Morgan fingerprint density at radius 1 is 1.16 bits per heavy atom. The normalized spacial score (nSPS) is 23.6. The summed E-state index contributed by atoms with van der Waals surface area (Å²) in [5, 5.41) is 6.99. The third-order valence-corrected chi connectivity index (χ3v) is 6.24. The van der Waals surface area contributed by atoms with Crippen molar-refractivity contribution >= 4 is 11.3 Å². The van der Waals surface area contributed by atoms with Gasteiger partial charge in [0.15, 0.2) is 0 Å². The van der Waals surface area contributed by atoms with Gasteiger partial charge in [-0.15, -0.1) is 11.3 Å². The quantitative estimate of drug-likeness (QED) is 0.783. The van der Waals surface area contributed by atoms with Crippen LogP contribution in [-0.4, -0.2) is 16.1 Å². The SMILES string of the molecule is CC1CCC(Oc2cc(CNCc3csc(C4CC4)n3)ccn2)CC1. The minimum absolute atomic E-state index is 0.336. The number of hydrogen-bond acceptors (Lipinski definition) is 5. The number of nitrogens with zero attached hydrogens (tertiary/aromatic N) is 2. The fourth-order valence-corrected chi connectivity index (χ4v) is 4.39. The molecule has 0 unspecified atom stereocenters. The van der Waals surface area contributed by atoms with E-state index in [0.29, 0.717) is 6.10 Å². The van der Waals surface area contributed by atoms with Gasteiger partial charge in [-0.1, -0.05) is 6.92 Å². The molecule has 2 aromatic rings. The van der Waals surface area contributed by atoms with E-state index in [0.717, 1.165) is 49.3 Å². The molecule has 4 nitrogen and oxygen atoms in total. The minimum Gasteiger partial charge on any atom is -0.474 e. The second-order valence-electron chi connectivity index (χ2n) is 7.56. The van der Waals surface area contributed by atoms with E-state index in [1.165, 1.54) is 36.3 Å². The monoisotopic (exact) mass is 357 g/mol. The van der Waals surface area contributed by atoms with Crippen molar-refractivity contribution in [3.8, 4) is 5.88 Å². The molecule has 0 aromatic carbocycles. The molecule has 0 bridgehead atoms. The Labute approximate surface area is 154 Å². The number of thiazole rings is 1. The second kappa shape index (κ2) is 7.83. The maximum Gasteiger partial charge on any atom is 0.213 e. The van der Waals surface area contributed by atoms with E-state index in [9.17, 15) is 0 Å². The second-order valence-corrected chi connectivity index (χ2v) is 8.45. The Morgan fingerprint density at radius 3 is 2.80 bits per heavy atom. The van der Waals surface area contributed by atoms with Gasteiger partial charge in [0, 0.05) is 36.7 Å². The highest BCUT2D eigenvalue weighted by molar-refractivity contribution is 7.09. The first-order valence-corrected chi connectivity index (χ1v) is 10.4. The zero-order valence-electron chi connectivity index (χ0n) is 14.9. The van der Waals surface area contributed by atoms with Gasteiger partial charge in [0.25, 0.3) is 0 Å². The van der Waals surface area contributed by atoms with Crippen LogP contribution in [0.4, 0.5) is 0 Å². The first kappa shape index (κ1) is 17.0. The van der Waals surface area contributed by atoms with Gasteiger partial charge in [-0.3, -0.25) is 0 Å². The van der Waals surface area contributed by atoms with Crippen molar-refractivity contribution < 1.29 is 4.74 Å². The standard InChI is InChI=1S/C20H27N3OS/c1-14-2-6-18(7-3-14)24-19-10-15(8-9-22-19)11-21-12-17-13-25-20(23-17)16-4-5-16/h8-10,13-14,16,18,21H,2-7,11-12H2,1H3. The van der Waals surface area contributed by atoms with Crippen molar-refractivity contribution in [2.45, 2.75) is 70.6 Å². The average molecular weight is 358 g/mol. The lowest BCUT2D eigenvalue weighted by Crippen LogP contribution is -2.23. The highest BCUT2D eigenvalue weighted by Gasteiger charge is 2.26. The molecule has 2 saturated carbocycles. The molecule has 2 fully saturated rings. The summed E-state index contributed by atoms with van der Waals surface area (Å²) in [6, 6.07) is 4.13. The van der Waals surface area contributed by atoms with Gasteiger partial charge in [0.1, 0.15) is 6.10 Å². The van der Waals surface area contributed by atoms with Crippen molar-refractivity contribution in [2.75, 3.05) is 0 Å². The largest absolute Gasteiger partial charge is 0.474 e. The summed E-state index contributed by atoms with van der Waals surface area (Å²) >= 11 is 1.81. The summed E-state index contributed by atoms with van der Waals surface area (Å²) in [6.45, 7) is 3.97. The van der Waals surface area contributed by atoms with E-state index >= 15 is 0 Å². The fourth-order valence-electron chi connectivity index (χ4n) is 3.40. The zero-order valence-corrected chi connectivity index (χ0v) is 15.7. The van der Waals surface area contributed by atoms with Crippen LogP contribution in [-0.2, 0) is 13.1 Å². The smallest absolute Gasteiger partial charge is 0.213 e. The van der Waals surface area contributed by atoms with E-state index in [1.807, 2.05) is 17.5 Å². The lowest BCUT2D eigenvalue weighted by atomic mass is 9.89. The maximum absolute atomic E-state index is 6.10. The molecule has 25 heavy (non-hydrogen) atoms. The van der Waals surface area contributed by atoms with Gasteiger partial charge in [-0.05, 0) is 56.1 Å². The third-order valence-electron chi connectivity index (χ3n) is 5.18. The highest BCUT2D eigenvalue weighted by Crippen LogP contribution is 2.41. The molecule has 0 radical (unpaired) electrons. The van der Waals surface area contributed by atoms with Crippen molar-refractivity contribution in [3.63, 3.8) is 0 Å². The molecule has 2 aliphatic rings. The maximum atomic E-state index is 6.10. The Balaban J connectivity index is 1.25. The molecular weight excluding hydrogens is 330 g/mol. The van der Waals surface area contributed by atoms with Crippen LogP contribution >= 0.6 is 11.3 Å². The number of ether oxygens (including phenoxy) is 1. The predicted octanol–water partition coefficient (Wildman–Crippen LogP) is 4.66. The van der Waals surface area contributed by atoms with Crippen molar-refractivity contribution in [3.05, 3.63) is 40.0 Å². The molecule has 0 amide bonds. The molecule has 2 heterocycles. The molecule has 134 valence electrons. The Hall–Kier alpha value is -1.46. The highest BCUT2D eigenvalue weighted by atomic mass is 32.1. The van der Waals surface area contributed by atoms with Crippen LogP contribution < -0.4 is 10.1 Å². The average Bonchev–Trinajstić information content (AvgIpc) is 3.37. The number of aromatic nitrogens is 2. The lowest BCUT2D eigenvalue weighted by molar-refractivity contribution is 0.130. The Bertz CT molecular complexity index is 690. The Kier molecular flexibility index (Phi) is 5.32. The van der Waals surface area contributed by atoms with E-state index in [1.54, 1.807) is 0 Å². The summed E-state index contributed by atoms with van der Waals surface area (Å²) in [7, 11) is 0. The number of nitrogens with one attached hydrogen (secondary N) is 1. The summed E-state index contributed by atoms with van der Waals surface area (Å²) in [5.41, 5.74) is 2.38. The number of pyridine rings is 1. The van der Waals surface area contributed by atoms with E-state index in [2.05, 4.69) is 34.7 Å². The summed E-state index contributed by atoms with van der Waals surface area (Å²) in [4.78, 5) is 9.11. The van der Waals surface area contributed by atoms with Crippen LogP contribution in [0.5, 0.6) is 5.88 Å². The predicted molar refractivity (Wildman–Crippen MR) is 101 cm³/mol. The minimum atomic E-state index is 0.336. The van der Waals surface area contributed by atoms with Crippen LogP contribution in [0, 0.1) is 5.92 Å².